The first-order valence-electron chi connectivity index (χ1n) is 12.0. The van der Waals surface area contributed by atoms with Gasteiger partial charge in [-0.2, -0.15) is 0 Å². The Hall–Kier alpha value is -5.70. The van der Waals surface area contributed by atoms with E-state index in [-0.39, 0.29) is 11.4 Å². The fourth-order valence-electron chi connectivity index (χ4n) is 5.61. The first-order valence-corrected chi connectivity index (χ1v) is 12.0. The van der Waals surface area contributed by atoms with Crippen molar-refractivity contribution in [3.8, 4) is 49.4 Å². The molecule has 2 aromatic carbocycles. The van der Waals surface area contributed by atoms with Crippen LogP contribution in [0.25, 0.3) is 0 Å². The lowest BCUT2D eigenvalue weighted by Gasteiger charge is -2.49. The third kappa shape index (κ3) is 4.79. The van der Waals surface area contributed by atoms with Gasteiger partial charge in [0.05, 0.1) is 35.0 Å². The summed E-state index contributed by atoms with van der Waals surface area (Å²) in [6.45, 7) is 0. The van der Waals surface area contributed by atoms with E-state index in [1.54, 1.807) is 12.1 Å². The quantitative estimate of drug-likeness (QED) is 0.335. The molecule has 3 aliphatic rings. The van der Waals surface area contributed by atoms with E-state index in [0.29, 0.717) is 22.3 Å². The lowest BCUT2D eigenvalue weighted by molar-refractivity contribution is -0.166. The molecule has 1 saturated carbocycles. The average Bonchev–Trinajstić information content (AvgIpc) is 2.95. The van der Waals surface area contributed by atoms with E-state index in [9.17, 15) is 29.4 Å². The van der Waals surface area contributed by atoms with Crippen molar-refractivity contribution in [2.24, 2.45) is 35.5 Å². The zero-order chi connectivity index (χ0) is 29.1. The third-order valence-electron chi connectivity index (χ3n) is 7.36. The number of hydrogen-bond acceptors (Lipinski definition) is 4. The van der Waals surface area contributed by atoms with E-state index in [1.165, 1.54) is 36.4 Å². The lowest BCUT2D eigenvalue weighted by atomic mass is 9.52. The number of anilines is 2. The van der Waals surface area contributed by atoms with Gasteiger partial charge < -0.3 is 20.8 Å². The Balaban J connectivity index is 1.72. The second-order valence-electron chi connectivity index (χ2n) is 9.40. The van der Waals surface area contributed by atoms with Gasteiger partial charge in [-0.1, -0.05) is 35.8 Å². The molecule has 0 radical (unpaired) electrons. The van der Waals surface area contributed by atoms with Crippen LogP contribution < -0.4 is 10.6 Å². The molecule has 8 heteroatoms. The third-order valence-corrected chi connectivity index (χ3v) is 7.36. The van der Waals surface area contributed by atoms with Crippen molar-refractivity contribution in [3.63, 3.8) is 0 Å². The van der Waals surface area contributed by atoms with Gasteiger partial charge in [-0.15, -0.1) is 25.7 Å². The topological polar surface area (TPSA) is 133 Å². The Labute approximate surface area is 230 Å². The number of terminal acetylenes is 4. The van der Waals surface area contributed by atoms with Crippen LogP contribution in [-0.2, 0) is 19.2 Å². The molecule has 6 atom stereocenters. The molecule has 8 nitrogen and oxygen atoms in total. The molecule has 0 saturated heterocycles. The van der Waals surface area contributed by atoms with Gasteiger partial charge in [0.2, 0.25) is 11.8 Å². The minimum atomic E-state index is -1.41. The molecule has 4 N–H and O–H groups in total. The van der Waals surface area contributed by atoms with Gasteiger partial charge >= 0.3 is 11.9 Å². The number of aliphatic carboxylic acids is 2. The first-order chi connectivity index (χ1) is 19.1. The molecule has 0 spiro atoms. The molecule has 6 unspecified atom stereocenters. The number of hydrogen-bond donors (Lipinski definition) is 4. The number of benzene rings is 2. The first kappa shape index (κ1) is 27.3. The Morgan fingerprint density at radius 1 is 0.600 bits per heavy atom. The smallest absolute Gasteiger partial charge is 0.307 e. The number of allylic oxidation sites excluding steroid dienone is 2. The van der Waals surface area contributed by atoms with Gasteiger partial charge in [-0.25, -0.2) is 0 Å². The summed E-state index contributed by atoms with van der Waals surface area (Å²) in [6.07, 6.45) is 25.0. The maximum Gasteiger partial charge on any atom is 0.307 e. The Morgan fingerprint density at radius 3 is 1.27 bits per heavy atom. The minimum absolute atomic E-state index is 0.189. The highest BCUT2D eigenvalue weighted by Gasteiger charge is 2.60. The van der Waals surface area contributed by atoms with Crippen LogP contribution in [0.15, 0.2) is 48.6 Å². The summed E-state index contributed by atoms with van der Waals surface area (Å²) in [5, 5.41) is 25.7. The molecule has 0 aliphatic heterocycles. The summed E-state index contributed by atoms with van der Waals surface area (Å²) in [7, 11) is 0. The van der Waals surface area contributed by atoms with Crippen LogP contribution in [0.3, 0.4) is 0 Å². The highest BCUT2D eigenvalue weighted by atomic mass is 16.4. The van der Waals surface area contributed by atoms with Gasteiger partial charge in [0.25, 0.3) is 0 Å². The van der Waals surface area contributed by atoms with Crippen LogP contribution in [0, 0.1) is 84.9 Å². The molecule has 2 amide bonds. The highest BCUT2D eigenvalue weighted by Crippen LogP contribution is 2.52. The van der Waals surface area contributed by atoms with Gasteiger partial charge in [0.1, 0.15) is 0 Å². The Bertz CT molecular complexity index is 1520. The molecule has 40 heavy (non-hydrogen) atoms. The highest BCUT2D eigenvalue weighted by molar-refractivity contribution is 6.01. The molecular weight excluding hydrogens is 508 g/mol. The van der Waals surface area contributed by atoms with Crippen molar-refractivity contribution in [2.45, 2.75) is 0 Å². The number of amides is 2. The Kier molecular flexibility index (Phi) is 7.49. The SMILES string of the molecule is C#Cc1ccc(C#C)c(NC(=O)C2C3C=CC(C2C(=O)O)C(C(=O)Nc2cc(C#C)ccc2C#C)C3C(=O)O)c1. The van der Waals surface area contributed by atoms with Gasteiger partial charge in [-0.3, -0.25) is 19.2 Å². The monoisotopic (exact) mass is 530 g/mol. The fraction of sp³-hybridized carbons (Fsp3) is 0.188. The maximum atomic E-state index is 13.6. The number of carbonyl (C=O) groups excluding carboxylic acids is 2. The normalized spacial score (nSPS) is 23.9. The predicted octanol–water partition coefficient (Wildman–Crippen LogP) is 2.64. The van der Waals surface area contributed by atoms with E-state index in [2.05, 4.69) is 34.3 Å². The summed E-state index contributed by atoms with van der Waals surface area (Å²) >= 11 is 0. The van der Waals surface area contributed by atoms with Crippen LogP contribution >= 0.6 is 0 Å². The molecule has 0 heterocycles. The summed E-state index contributed by atoms with van der Waals surface area (Å²) < 4.78 is 0. The predicted molar refractivity (Wildman–Crippen MR) is 147 cm³/mol. The average molecular weight is 531 g/mol. The van der Waals surface area contributed by atoms with Crippen molar-refractivity contribution < 1.29 is 29.4 Å². The summed E-state index contributed by atoms with van der Waals surface area (Å²) in [6, 6.07) is 9.19. The standard InChI is InChI=1S/C32H22N2O6/c1-5-17-9-11-19(7-3)23(15-17)33-29(35)25-21-13-14-22(27(25)31(37)38)26(28(21)32(39)40)30(36)34-24-16-18(6-2)10-12-20(24)8-4/h1-4,9-16,21-22,25-28H,(H,33,35)(H,34,36)(H,37,38)(H,39,40). The molecule has 2 aromatic rings. The summed E-state index contributed by atoms with van der Waals surface area (Å²) in [5.74, 6) is -2.17. The fourth-order valence-corrected chi connectivity index (χ4v) is 5.61. The number of nitrogens with one attached hydrogen (secondary N) is 2. The number of carboxylic acids is 2. The number of carboxylic acid groups (broad SMARTS) is 2. The second-order valence-corrected chi connectivity index (χ2v) is 9.40. The van der Waals surface area contributed by atoms with Crippen LogP contribution in [0.5, 0.6) is 0 Å². The van der Waals surface area contributed by atoms with Gasteiger partial charge in [0.15, 0.2) is 0 Å². The van der Waals surface area contributed by atoms with Crippen LogP contribution in [-0.4, -0.2) is 34.0 Å². The summed E-state index contributed by atoms with van der Waals surface area (Å²) in [5.41, 5.74) is 1.84. The van der Waals surface area contributed by atoms with E-state index in [1.807, 2.05) is 0 Å². The molecule has 2 bridgehead atoms. The molecule has 3 aliphatic carbocycles. The second kappa shape index (κ2) is 11.0. The zero-order valence-electron chi connectivity index (χ0n) is 20.9. The van der Waals surface area contributed by atoms with E-state index in [0.717, 1.165) is 0 Å². The van der Waals surface area contributed by atoms with Crippen LogP contribution in [0.2, 0.25) is 0 Å². The molecule has 0 aromatic heterocycles. The van der Waals surface area contributed by atoms with E-state index >= 15 is 0 Å². The van der Waals surface area contributed by atoms with Crippen molar-refractivity contribution >= 4 is 35.1 Å². The van der Waals surface area contributed by atoms with Crippen molar-refractivity contribution in [2.75, 3.05) is 10.6 Å². The number of fused-ring (bicyclic) bond motifs is 2. The van der Waals surface area contributed by atoms with Crippen molar-refractivity contribution in [3.05, 3.63) is 70.8 Å². The minimum Gasteiger partial charge on any atom is -0.481 e. The van der Waals surface area contributed by atoms with Crippen LogP contribution in [0.4, 0.5) is 11.4 Å². The van der Waals surface area contributed by atoms with Crippen molar-refractivity contribution in [1.29, 1.82) is 0 Å². The summed E-state index contributed by atoms with van der Waals surface area (Å²) in [4.78, 5) is 52.2. The maximum absolute atomic E-state index is 13.6. The lowest BCUT2D eigenvalue weighted by Crippen LogP contribution is -2.59. The zero-order valence-corrected chi connectivity index (χ0v) is 20.9. The van der Waals surface area contributed by atoms with Crippen molar-refractivity contribution in [1.82, 2.24) is 0 Å². The van der Waals surface area contributed by atoms with Gasteiger partial charge in [-0.05, 0) is 36.4 Å². The molecule has 196 valence electrons. The van der Waals surface area contributed by atoms with E-state index < -0.39 is 59.3 Å². The molecule has 1 fully saturated rings. The van der Waals surface area contributed by atoms with E-state index in [4.69, 9.17) is 25.7 Å². The molecular formula is C32H22N2O6. The Morgan fingerprint density at radius 2 is 0.975 bits per heavy atom. The number of carbonyl (C=O) groups is 4. The van der Waals surface area contributed by atoms with Crippen LogP contribution in [0.1, 0.15) is 22.3 Å². The van der Waals surface area contributed by atoms with Gasteiger partial charge in [0, 0.05) is 34.1 Å². The molecule has 5 rings (SSSR count). The largest absolute Gasteiger partial charge is 0.481 e. The number of rotatable bonds is 6.